The molecule has 1 N–H and O–H groups in total. The summed E-state index contributed by atoms with van der Waals surface area (Å²) in [6.07, 6.45) is -0.210. The van der Waals surface area contributed by atoms with Crippen molar-refractivity contribution in [2.45, 2.75) is 19.1 Å². The topological polar surface area (TPSA) is 32.7 Å². The molecule has 1 aromatic carbocycles. The van der Waals surface area contributed by atoms with Crippen LogP contribution in [0.5, 0.6) is 0 Å². The van der Waals surface area contributed by atoms with Gasteiger partial charge in [0.2, 0.25) is 0 Å². The Morgan fingerprint density at radius 3 is 2.82 bits per heavy atom. The second-order valence-electron chi connectivity index (χ2n) is 4.51. The first-order valence-corrected chi connectivity index (χ1v) is 6.30. The van der Waals surface area contributed by atoms with Crippen LogP contribution in [-0.2, 0) is 4.74 Å². The second-order valence-corrected chi connectivity index (χ2v) is 4.94. The zero-order valence-electron chi connectivity index (χ0n) is 9.97. The maximum absolute atomic E-state index is 10.1. The van der Waals surface area contributed by atoms with Gasteiger partial charge in [-0.25, -0.2) is 0 Å². The highest BCUT2D eigenvalue weighted by Gasteiger charge is 2.19. The number of hydrogen-bond acceptors (Lipinski definition) is 3. The number of halogens is 1. The third kappa shape index (κ3) is 3.68. The predicted molar refractivity (Wildman–Crippen MR) is 68.3 cm³/mol. The van der Waals surface area contributed by atoms with E-state index >= 15 is 0 Å². The Morgan fingerprint density at radius 1 is 1.47 bits per heavy atom. The quantitative estimate of drug-likeness (QED) is 0.898. The highest BCUT2D eigenvalue weighted by molar-refractivity contribution is 6.30. The van der Waals surface area contributed by atoms with E-state index in [-0.39, 0.29) is 6.10 Å². The minimum Gasteiger partial charge on any atom is -0.387 e. The van der Waals surface area contributed by atoms with Gasteiger partial charge in [0.1, 0.15) is 0 Å². The van der Waals surface area contributed by atoms with Gasteiger partial charge in [-0.15, -0.1) is 0 Å². The van der Waals surface area contributed by atoms with E-state index in [9.17, 15) is 5.11 Å². The Balaban J connectivity index is 1.91. The molecule has 0 spiro atoms. The predicted octanol–water partition coefficient (Wildman–Crippen LogP) is 2.09. The average molecular weight is 256 g/mol. The molecule has 2 atom stereocenters. The summed E-state index contributed by atoms with van der Waals surface area (Å²) in [6, 6.07) is 7.36. The summed E-state index contributed by atoms with van der Waals surface area (Å²) in [5.74, 6) is 0. The molecule has 1 fully saturated rings. The Bertz CT molecular complexity index is 355. The van der Waals surface area contributed by atoms with Gasteiger partial charge in [-0.3, -0.25) is 4.90 Å². The van der Waals surface area contributed by atoms with Crippen LogP contribution in [0.4, 0.5) is 0 Å². The van der Waals surface area contributed by atoms with Gasteiger partial charge in [-0.1, -0.05) is 23.7 Å². The van der Waals surface area contributed by atoms with Crippen molar-refractivity contribution in [3.63, 3.8) is 0 Å². The first-order valence-electron chi connectivity index (χ1n) is 5.92. The Morgan fingerprint density at radius 2 is 2.18 bits per heavy atom. The lowest BCUT2D eigenvalue weighted by Crippen LogP contribution is -2.42. The number of β-amino-alcohol motifs (C(OH)–C–C–N with tert-alkyl or cyclic N) is 1. The van der Waals surface area contributed by atoms with E-state index in [0.717, 1.165) is 25.3 Å². The maximum Gasteiger partial charge on any atom is 0.0916 e. The van der Waals surface area contributed by atoms with Crippen molar-refractivity contribution >= 4 is 11.6 Å². The zero-order valence-corrected chi connectivity index (χ0v) is 10.7. The largest absolute Gasteiger partial charge is 0.387 e. The highest BCUT2D eigenvalue weighted by atomic mass is 35.5. The SMILES string of the molecule is C[C@H]1CN(C[C@@H](O)c2ccc(Cl)cc2)CCO1. The normalized spacial score (nSPS) is 23.6. The van der Waals surface area contributed by atoms with E-state index in [2.05, 4.69) is 11.8 Å². The van der Waals surface area contributed by atoms with Crippen LogP contribution in [0.25, 0.3) is 0 Å². The fraction of sp³-hybridized carbons (Fsp3) is 0.538. The fourth-order valence-corrected chi connectivity index (χ4v) is 2.22. The van der Waals surface area contributed by atoms with Crippen molar-refractivity contribution in [1.82, 2.24) is 4.90 Å². The Hall–Kier alpha value is -0.610. The molecule has 0 bridgehead atoms. The molecule has 4 heteroatoms. The van der Waals surface area contributed by atoms with Crippen molar-refractivity contribution < 1.29 is 9.84 Å². The number of ether oxygens (including phenoxy) is 1. The highest BCUT2D eigenvalue weighted by Crippen LogP contribution is 2.18. The minimum atomic E-state index is -0.461. The molecule has 0 aliphatic carbocycles. The van der Waals surface area contributed by atoms with E-state index in [1.807, 2.05) is 24.3 Å². The molecule has 0 unspecified atom stereocenters. The van der Waals surface area contributed by atoms with Gasteiger partial charge >= 0.3 is 0 Å². The molecule has 1 aliphatic heterocycles. The number of nitrogens with zero attached hydrogens (tertiary/aromatic N) is 1. The summed E-state index contributed by atoms with van der Waals surface area (Å²) >= 11 is 5.82. The van der Waals surface area contributed by atoms with Gasteiger partial charge in [-0.05, 0) is 24.6 Å². The summed E-state index contributed by atoms with van der Waals surface area (Å²) < 4.78 is 5.47. The summed E-state index contributed by atoms with van der Waals surface area (Å²) in [4.78, 5) is 2.23. The first kappa shape index (κ1) is 12.8. The van der Waals surface area contributed by atoms with E-state index in [4.69, 9.17) is 16.3 Å². The fourth-order valence-electron chi connectivity index (χ4n) is 2.09. The lowest BCUT2D eigenvalue weighted by molar-refractivity contribution is -0.0318. The average Bonchev–Trinajstić information content (AvgIpc) is 2.29. The van der Waals surface area contributed by atoms with Crippen LogP contribution in [0, 0.1) is 0 Å². The first-order chi connectivity index (χ1) is 8.15. The molecule has 0 aromatic heterocycles. The number of hydrogen-bond donors (Lipinski definition) is 1. The Labute approximate surface area is 107 Å². The van der Waals surface area contributed by atoms with Gasteiger partial charge < -0.3 is 9.84 Å². The van der Waals surface area contributed by atoms with Crippen LogP contribution >= 0.6 is 11.6 Å². The van der Waals surface area contributed by atoms with E-state index < -0.39 is 6.10 Å². The summed E-state index contributed by atoms with van der Waals surface area (Å²) in [7, 11) is 0. The number of rotatable bonds is 3. The summed E-state index contributed by atoms with van der Waals surface area (Å²) in [5, 5.41) is 10.8. The third-order valence-corrected chi connectivity index (χ3v) is 3.26. The molecule has 1 saturated heterocycles. The van der Waals surface area contributed by atoms with Crippen molar-refractivity contribution in [2.75, 3.05) is 26.2 Å². The van der Waals surface area contributed by atoms with Crippen LogP contribution in [0.3, 0.4) is 0 Å². The van der Waals surface area contributed by atoms with E-state index in [0.29, 0.717) is 11.6 Å². The maximum atomic E-state index is 10.1. The van der Waals surface area contributed by atoms with Crippen molar-refractivity contribution in [3.8, 4) is 0 Å². The Kier molecular flexibility index (Phi) is 4.40. The second kappa shape index (κ2) is 5.83. The molecule has 1 heterocycles. The van der Waals surface area contributed by atoms with Crippen LogP contribution in [0.1, 0.15) is 18.6 Å². The third-order valence-electron chi connectivity index (χ3n) is 3.01. The van der Waals surface area contributed by atoms with E-state index in [1.165, 1.54) is 0 Å². The van der Waals surface area contributed by atoms with Crippen LogP contribution < -0.4 is 0 Å². The van der Waals surface area contributed by atoms with Crippen molar-refractivity contribution in [1.29, 1.82) is 0 Å². The number of aliphatic hydroxyl groups is 1. The molecule has 3 nitrogen and oxygen atoms in total. The molecule has 0 amide bonds. The van der Waals surface area contributed by atoms with Crippen LogP contribution in [-0.4, -0.2) is 42.4 Å². The molecule has 94 valence electrons. The number of morpholine rings is 1. The molecule has 17 heavy (non-hydrogen) atoms. The van der Waals surface area contributed by atoms with Gasteiger partial charge in [0.05, 0.1) is 18.8 Å². The molecular weight excluding hydrogens is 238 g/mol. The van der Waals surface area contributed by atoms with Gasteiger partial charge in [0.25, 0.3) is 0 Å². The number of aliphatic hydroxyl groups excluding tert-OH is 1. The van der Waals surface area contributed by atoms with Crippen molar-refractivity contribution in [3.05, 3.63) is 34.9 Å². The van der Waals surface area contributed by atoms with Gasteiger partial charge in [0.15, 0.2) is 0 Å². The minimum absolute atomic E-state index is 0.251. The molecular formula is C13H18ClNO2. The number of benzene rings is 1. The molecule has 0 saturated carbocycles. The van der Waals surface area contributed by atoms with Crippen LogP contribution in [0.2, 0.25) is 5.02 Å². The van der Waals surface area contributed by atoms with Crippen molar-refractivity contribution in [2.24, 2.45) is 0 Å². The standard InChI is InChI=1S/C13H18ClNO2/c1-10-8-15(6-7-17-10)9-13(16)11-2-4-12(14)5-3-11/h2-5,10,13,16H,6-9H2,1H3/t10-,13+/m0/s1. The van der Waals surface area contributed by atoms with Gasteiger partial charge in [-0.2, -0.15) is 0 Å². The monoisotopic (exact) mass is 255 g/mol. The molecule has 1 aromatic rings. The smallest absolute Gasteiger partial charge is 0.0916 e. The molecule has 2 rings (SSSR count). The molecule has 0 radical (unpaired) electrons. The lowest BCUT2D eigenvalue weighted by atomic mass is 10.1. The zero-order chi connectivity index (χ0) is 12.3. The van der Waals surface area contributed by atoms with Crippen LogP contribution in [0.15, 0.2) is 24.3 Å². The van der Waals surface area contributed by atoms with E-state index in [1.54, 1.807) is 0 Å². The summed E-state index contributed by atoms with van der Waals surface area (Å²) in [6.45, 7) is 5.21. The van der Waals surface area contributed by atoms with Gasteiger partial charge in [0, 0.05) is 24.7 Å². The lowest BCUT2D eigenvalue weighted by Gasteiger charge is -2.32. The molecule has 1 aliphatic rings. The summed E-state index contributed by atoms with van der Waals surface area (Å²) in [5.41, 5.74) is 0.911.